The van der Waals surface area contributed by atoms with Gasteiger partial charge in [-0.1, -0.05) is 30.5 Å². The second-order valence-corrected chi connectivity index (χ2v) is 9.47. The molecule has 1 saturated carbocycles. The summed E-state index contributed by atoms with van der Waals surface area (Å²) in [5, 5.41) is 0. The van der Waals surface area contributed by atoms with Crippen molar-refractivity contribution in [3.05, 3.63) is 35.4 Å². The summed E-state index contributed by atoms with van der Waals surface area (Å²) in [6.45, 7) is 1.53. The second kappa shape index (κ2) is 7.78. The van der Waals surface area contributed by atoms with Crippen molar-refractivity contribution >= 4 is 21.7 Å². The number of benzene rings is 1. The van der Waals surface area contributed by atoms with Crippen molar-refractivity contribution in [2.45, 2.75) is 51.1 Å². The molecule has 0 aromatic heterocycles. The zero-order valence-electron chi connectivity index (χ0n) is 15.0. The fourth-order valence-electron chi connectivity index (χ4n) is 3.94. The van der Waals surface area contributed by atoms with Crippen molar-refractivity contribution in [3.63, 3.8) is 0 Å². The van der Waals surface area contributed by atoms with E-state index in [2.05, 4.69) is 0 Å². The molecule has 7 heteroatoms. The van der Waals surface area contributed by atoms with Gasteiger partial charge in [0, 0.05) is 12.1 Å². The molecule has 1 aromatic carbocycles. The predicted molar refractivity (Wildman–Crippen MR) is 97.6 cm³/mol. The number of aryl methyl sites for hydroxylation is 1. The molecule has 1 amide bonds. The van der Waals surface area contributed by atoms with E-state index in [0.717, 1.165) is 31.2 Å². The number of rotatable bonds is 5. The predicted octanol–water partition coefficient (Wildman–Crippen LogP) is 2.11. The standard InChI is InChI=1S/C19H25NO5S/c1-14-5-4-6-15(11-14)19(22)25-12-18(21)20(16-7-2-3-8-16)17-9-10-26(23,24)13-17/h4-6,11,16-17H,2-3,7-10,12-13H2,1H3/t17-/m1/s1. The zero-order chi connectivity index (χ0) is 18.7. The van der Waals surface area contributed by atoms with E-state index in [0.29, 0.717) is 12.0 Å². The van der Waals surface area contributed by atoms with Crippen molar-refractivity contribution in [1.29, 1.82) is 0 Å². The molecule has 2 aliphatic rings. The Balaban J connectivity index is 1.66. The van der Waals surface area contributed by atoms with E-state index in [1.54, 1.807) is 23.1 Å². The lowest BCUT2D eigenvalue weighted by molar-refractivity contribution is -0.139. The van der Waals surface area contributed by atoms with Crippen LogP contribution in [0.1, 0.15) is 48.0 Å². The SMILES string of the molecule is Cc1cccc(C(=O)OCC(=O)N(C2CCCC2)[C@@H]2CCS(=O)(=O)C2)c1. The van der Waals surface area contributed by atoms with Gasteiger partial charge in [-0.05, 0) is 38.3 Å². The molecule has 26 heavy (non-hydrogen) atoms. The maximum atomic E-state index is 12.8. The molecular formula is C19H25NO5S. The summed E-state index contributed by atoms with van der Waals surface area (Å²) in [7, 11) is -3.08. The Bertz CT molecular complexity index is 783. The number of carbonyl (C=O) groups excluding carboxylic acids is 2. The molecule has 1 saturated heterocycles. The van der Waals surface area contributed by atoms with E-state index in [4.69, 9.17) is 4.74 Å². The van der Waals surface area contributed by atoms with Crippen LogP contribution in [0.4, 0.5) is 0 Å². The highest BCUT2D eigenvalue weighted by atomic mass is 32.2. The van der Waals surface area contributed by atoms with Crippen LogP contribution in [0.15, 0.2) is 24.3 Å². The molecule has 1 aromatic rings. The van der Waals surface area contributed by atoms with E-state index >= 15 is 0 Å². The van der Waals surface area contributed by atoms with E-state index < -0.39 is 15.8 Å². The fraction of sp³-hybridized carbons (Fsp3) is 0.579. The first-order valence-corrected chi connectivity index (χ1v) is 10.9. The number of hydrogen-bond donors (Lipinski definition) is 0. The van der Waals surface area contributed by atoms with E-state index in [1.165, 1.54) is 0 Å². The lowest BCUT2D eigenvalue weighted by Crippen LogP contribution is -2.48. The lowest BCUT2D eigenvalue weighted by atomic mass is 10.1. The minimum Gasteiger partial charge on any atom is -0.452 e. The van der Waals surface area contributed by atoms with Crippen molar-refractivity contribution in [2.24, 2.45) is 0 Å². The Morgan fingerprint density at radius 2 is 1.88 bits per heavy atom. The third kappa shape index (κ3) is 4.44. The molecule has 0 N–H and O–H groups in total. The topological polar surface area (TPSA) is 80.8 Å². The van der Waals surface area contributed by atoms with E-state index in [9.17, 15) is 18.0 Å². The molecule has 0 bridgehead atoms. The van der Waals surface area contributed by atoms with Crippen LogP contribution in [-0.4, -0.2) is 55.4 Å². The van der Waals surface area contributed by atoms with Crippen LogP contribution in [0.3, 0.4) is 0 Å². The summed E-state index contributed by atoms with van der Waals surface area (Å²) in [5.41, 5.74) is 1.35. The molecule has 1 aliphatic carbocycles. The van der Waals surface area contributed by atoms with Gasteiger partial charge in [0.15, 0.2) is 16.4 Å². The van der Waals surface area contributed by atoms with Crippen LogP contribution in [-0.2, 0) is 19.4 Å². The van der Waals surface area contributed by atoms with Crippen LogP contribution < -0.4 is 0 Å². The maximum Gasteiger partial charge on any atom is 0.338 e. The highest BCUT2D eigenvalue weighted by Gasteiger charge is 2.39. The third-order valence-electron chi connectivity index (χ3n) is 5.19. The number of esters is 1. The largest absolute Gasteiger partial charge is 0.452 e. The molecule has 0 spiro atoms. The van der Waals surface area contributed by atoms with E-state index in [1.807, 2.05) is 13.0 Å². The quantitative estimate of drug-likeness (QED) is 0.732. The van der Waals surface area contributed by atoms with Crippen LogP contribution >= 0.6 is 0 Å². The highest BCUT2D eigenvalue weighted by Crippen LogP contribution is 2.29. The molecule has 2 fully saturated rings. The average molecular weight is 379 g/mol. The van der Waals surface area contributed by atoms with Gasteiger partial charge in [0.25, 0.3) is 5.91 Å². The zero-order valence-corrected chi connectivity index (χ0v) is 15.8. The first-order valence-electron chi connectivity index (χ1n) is 9.11. The highest BCUT2D eigenvalue weighted by molar-refractivity contribution is 7.91. The van der Waals surface area contributed by atoms with Gasteiger partial charge in [0.05, 0.1) is 17.1 Å². The minimum atomic E-state index is -3.08. The molecule has 0 radical (unpaired) electrons. The van der Waals surface area contributed by atoms with Gasteiger partial charge < -0.3 is 9.64 Å². The summed E-state index contributed by atoms with van der Waals surface area (Å²) >= 11 is 0. The number of hydrogen-bond acceptors (Lipinski definition) is 5. The second-order valence-electron chi connectivity index (χ2n) is 7.24. The Kier molecular flexibility index (Phi) is 5.65. The normalized spacial score (nSPS) is 22.3. The smallest absolute Gasteiger partial charge is 0.338 e. The molecule has 1 atom stereocenters. The van der Waals surface area contributed by atoms with Crippen molar-refractivity contribution in [1.82, 2.24) is 4.90 Å². The molecular weight excluding hydrogens is 354 g/mol. The molecule has 3 rings (SSSR count). The number of nitrogens with zero attached hydrogens (tertiary/aromatic N) is 1. The molecule has 142 valence electrons. The maximum absolute atomic E-state index is 12.8. The fourth-order valence-corrected chi connectivity index (χ4v) is 5.65. The summed E-state index contributed by atoms with van der Waals surface area (Å²) in [5.74, 6) is -0.689. The number of sulfone groups is 1. The van der Waals surface area contributed by atoms with Gasteiger partial charge >= 0.3 is 5.97 Å². The van der Waals surface area contributed by atoms with Crippen molar-refractivity contribution < 1.29 is 22.7 Å². The summed E-state index contributed by atoms with van der Waals surface area (Å²) < 4.78 is 28.9. The van der Waals surface area contributed by atoms with Crippen molar-refractivity contribution in [2.75, 3.05) is 18.1 Å². The first-order chi connectivity index (χ1) is 12.4. The third-order valence-corrected chi connectivity index (χ3v) is 6.94. The number of carbonyl (C=O) groups is 2. The summed E-state index contributed by atoms with van der Waals surface area (Å²) in [6, 6.07) is 6.77. The molecule has 1 aliphatic heterocycles. The monoisotopic (exact) mass is 379 g/mol. The van der Waals surface area contributed by atoms with Gasteiger partial charge in [-0.2, -0.15) is 0 Å². The van der Waals surface area contributed by atoms with Gasteiger partial charge in [-0.25, -0.2) is 13.2 Å². The Morgan fingerprint density at radius 1 is 1.15 bits per heavy atom. The van der Waals surface area contributed by atoms with Crippen LogP contribution in [0.5, 0.6) is 0 Å². The van der Waals surface area contributed by atoms with Crippen LogP contribution in [0.2, 0.25) is 0 Å². The van der Waals surface area contributed by atoms with Crippen LogP contribution in [0.25, 0.3) is 0 Å². The Hall–Kier alpha value is -1.89. The Morgan fingerprint density at radius 3 is 2.50 bits per heavy atom. The summed E-state index contributed by atoms with van der Waals surface area (Å²) in [6.07, 6.45) is 4.31. The van der Waals surface area contributed by atoms with E-state index in [-0.39, 0.29) is 36.1 Å². The van der Waals surface area contributed by atoms with Crippen molar-refractivity contribution in [3.8, 4) is 0 Å². The molecule has 6 nitrogen and oxygen atoms in total. The molecule has 0 unspecified atom stereocenters. The number of ether oxygens (including phenoxy) is 1. The first kappa shape index (κ1) is 18.9. The average Bonchev–Trinajstić information content (AvgIpc) is 3.23. The van der Waals surface area contributed by atoms with Gasteiger partial charge in [0.2, 0.25) is 0 Å². The van der Waals surface area contributed by atoms with Gasteiger partial charge in [0.1, 0.15) is 0 Å². The van der Waals surface area contributed by atoms with Gasteiger partial charge in [-0.15, -0.1) is 0 Å². The lowest BCUT2D eigenvalue weighted by Gasteiger charge is -2.33. The number of amides is 1. The minimum absolute atomic E-state index is 0.0149. The Labute approximate surface area is 154 Å². The van der Waals surface area contributed by atoms with Gasteiger partial charge in [-0.3, -0.25) is 4.79 Å². The van der Waals surface area contributed by atoms with Crippen LogP contribution in [0, 0.1) is 6.92 Å². The summed E-state index contributed by atoms with van der Waals surface area (Å²) in [4.78, 5) is 26.7. The molecule has 1 heterocycles.